The van der Waals surface area contributed by atoms with Crippen LogP contribution in [0.3, 0.4) is 0 Å². The second kappa shape index (κ2) is 6.27. The fourth-order valence-corrected chi connectivity index (χ4v) is 3.02. The molecule has 1 aromatic carbocycles. The van der Waals surface area contributed by atoms with Crippen LogP contribution in [0.25, 0.3) is 0 Å². The van der Waals surface area contributed by atoms with Gasteiger partial charge in [-0.3, -0.25) is 0 Å². The molecule has 0 spiro atoms. The minimum atomic E-state index is 0.574. The van der Waals surface area contributed by atoms with Gasteiger partial charge in [-0.2, -0.15) is 0 Å². The van der Waals surface area contributed by atoms with Crippen LogP contribution in [0, 0.1) is 11.8 Å². The molecule has 0 aliphatic heterocycles. The zero-order valence-corrected chi connectivity index (χ0v) is 12.6. The summed E-state index contributed by atoms with van der Waals surface area (Å²) in [4.78, 5) is 0. The molecule has 2 unspecified atom stereocenters. The van der Waals surface area contributed by atoms with Gasteiger partial charge in [0.1, 0.15) is 0 Å². The lowest BCUT2D eigenvalue weighted by molar-refractivity contribution is 0.168. The van der Waals surface area contributed by atoms with E-state index in [0.29, 0.717) is 6.04 Å². The van der Waals surface area contributed by atoms with E-state index in [1.54, 1.807) is 0 Å². The van der Waals surface area contributed by atoms with E-state index in [9.17, 15) is 0 Å². The molecule has 0 aromatic heterocycles. The monoisotopic (exact) mass is 285 g/mol. The van der Waals surface area contributed by atoms with Crippen molar-refractivity contribution in [3.63, 3.8) is 0 Å². The summed E-state index contributed by atoms with van der Waals surface area (Å²) < 4.78 is 0. The Bertz CT molecular complexity index is 403. The van der Waals surface area contributed by atoms with Crippen LogP contribution in [0.1, 0.15) is 32.3 Å². The van der Waals surface area contributed by atoms with Crippen LogP contribution >= 0.6 is 23.2 Å². The highest BCUT2D eigenvalue weighted by molar-refractivity contribution is 6.35. The van der Waals surface area contributed by atoms with E-state index in [1.165, 1.54) is 18.4 Å². The SMILES string of the molecule is CC(C)NCC1CCC1Cc1ccc(Cl)cc1Cl. The van der Waals surface area contributed by atoms with Gasteiger partial charge in [-0.05, 0) is 55.3 Å². The first-order chi connectivity index (χ1) is 8.56. The van der Waals surface area contributed by atoms with E-state index in [-0.39, 0.29) is 0 Å². The molecule has 0 heterocycles. The molecule has 0 bridgehead atoms. The van der Waals surface area contributed by atoms with Crippen LogP contribution in [0.2, 0.25) is 10.0 Å². The van der Waals surface area contributed by atoms with Gasteiger partial charge in [0, 0.05) is 16.1 Å². The lowest BCUT2D eigenvalue weighted by Gasteiger charge is -2.37. The third kappa shape index (κ3) is 3.63. The third-order valence-corrected chi connectivity index (χ3v) is 4.45. The van der Waals surface area contributed by atoms with Gasteiger partial charge in [-0.15, -0.1) is 0 Å². The van der Waals surface area contributed by atoms with Crippen LogP contribution < -0.4 is 5.32 Å². The summed E-state index contributed by atoms with van der Waals surface area (Å²) in [6, 6.07) is 6.42. The summed E-state index contributed by atoms with van der Waals surface area (Å²) in [6.07, 6.45) is 3.75. The molecule has 1 aliphatic carbocycles. The predicted molar refractivity (Wildman–Crippen MR) is 79.5 cm³/mol. The number of nitrogens with one attached hydrogen (secondary N) is 1. The average molecular weight is 286 g/mol. The standard InChI is InChI=1S/C15H21Cl2N/c1-10(2)18-9-13-4-3-11(13)7-12-5-6-14(16)8-15(12)17/h5-6,8,10-11,13,18H,3-4,7,9H2,1-2H3. The first kappa shape index (κ1) is 14.2. The van der Waals surface area contributed by atoms with Gasteiger partial charge in [-0.1, -0.05) is 43.1 Å². The van der Waals surface area contributed by atoms with Gasteiger partial charge in [-0.25, -0.2) is 0 Å². The van der Waals surface area contributed by atoms with E-state index in [1.807, 2.05) is 12.1 Å². The van der Waals surface area contributed by atoms with Crippen LogP contribution in [0.15, 0.2) is 18.2 Å². The van der Waals surface area contributed by atoms with Crippen LogP contribution in [-0.2, 0) is 6.42 Å². The predicted octanol–water partition coefficient (Wildman–Crippen LogP) is 4.56. The highest BCUT2D eigenvalue weighted by Gasteiger charge is 2.30. The Labute approximate surface area is 120 Å². The Hall–Kier alpha value is -0.240. The first-order valence-electron chi connectivity index (χ1n) is 6.73. The summed E-state index contributed by atoms with van der Waals surface area (Å²) in [5.74, 6) is 1.58. The molecule has 0 saturated heterocycles. The molecule has 2 atom stereocenters. The quantitative estimate of drug-likeness (QED) is 0.836. The van der Waals surface area contributed by atoms with Gasteiger partial charge in [0.2, 0.25) is 0 Å². The Kier molecular flexibility index (Phi) is 4.94. The van der Waals surface area contributed by atoms with Gasteiger partial charge in [0.15, 0.2) is 0 Å². The van der Waals surface area contributed by atoms with Crippen molar-refractivity contribution in [1.82, 2.24) is 5.32 Å². The van der Waals surface area contributed by atoms with Crippen molar-refractivity contribution in [2.24, 2.45) is 11.8 Å². The molecule has 1 N–H and O–H groups in total. The molecule has 1 saturated carbocycles. The topological polar surface area (TPSA) is 12.0 Å². The largest absolute Gasteiger partial charge is 0.314 e. The number of hydrogen-bond acceptors (Lipinski definition) is 1. The Morgan fingerprint density at radius 1 is 1.22 bits per heavy atom. The van der Waals surface area contributed by atoms with E-state index in [2.05, 4.69) is 25.2 Å². The molecular weight excluding hydrogens is 265 g/mol. The molecule has 1 aromatic rings. The van der Waals surface area contributed by atoms with Gasteiger partial charge in [0.25, 0.3) is 0 Å². The summed E-state index contributed by atoms with van der Waals surface area (Å²) in [6.45, 7) is 5.53. The van der Waals surface area contributed by atoms with E-state index < -0.39 is 0 Å². The van der Waals surface area contributed by atoms with Crippen molar-refractivity contribution >= 4 is 23.2 Å². The van der Waals surface area contributed by atoms with Gasteiger partial charge < -0.3 is 5.32 Å². The molecule has 1 aliphatic rings. The van der Waals surface area contributed by atoms with Gasteiger partial charge >= 0.3 is 0 Å². The van der Waals surface area contributed by atoms with Crippen molar-refractivity contribution in [3.8, 4) is 0 Å². The molecule has 3 heteroatoms. The maximum Gasteiger partial charge on any atom is 0.0452 e. The summed E-state index contributed by atoms with van der Waals surface area (Å²) in [5.41, 5.74) is 1.24. The molecule has 2 rings (SSSR count). The second-order valence-corrected chi connectivity index (χ2v) is 6.44. The number of halogens is 2. The number of hydrogen-bond donors (Lipinski definition) is 1. The van der Waals surface area contributed by atoms with Crippen LogP contribution in [0.5, 0.6) is 0 Å². The number of rotatable bonds is 5. The second-order valence-electron chi connectivity index (χ2n) is 5.60. The third-order valence-electron chi connectivity index (χ3n) is 3.86. The summed E-state index contributed by atoms with van der Waals surface area (Å²) in [7, 11) is 0. The summed E-state index contributed by atoms with van der Waals surface area (Å²) >= 11 is 12.1. The molecule has 0 amide bonds. The molecule has 1 nitrogen and oxygen atoms in total. The average Bonchev–Trinajstić information content (AvgIpc) is 2.26. The van der Waals surface area contributed by atoms with Crippen molar-refractivity contribution in [2.75, 3.05) is 6.54 Å². The normalized spacial score (nSPS) is 23.2. The van der Waals surface area contributed by atoms with Crippen molar-refractivity contribution in [1.29, 1.82) is 0 Å². The van der Waals surface area contributed by atoms with Crippen LogP contribution in [0.4, 0.5) is 0 Å². The zero-order chi connectivity index (χ0) is 13.1. The van der Waals surface area contributed by atoms with Gasteiger partial charge in [0.05, 0.1) is 0 Å². The smallest absolute Gasteiger partial charge is 0.0452 e. The summed E-state index contributed by atoms with van der Waals surface area (Å²) in [5, 5.41) is 5.06. The van der Waals surface area contributed by atoms with Crippen molar-refractivity contribution in [3.05, 3.63) is 33.8 Å². The minimum Gasteiger partial charge on any atom is -0.314 e. The zero-order valence-electron chi connectivity index (χ0n) is 11.0. The number of benzene rings is 1. The maximum absolute atomic E-state index is 6.23. The molecule has 1 fully saturated rings. The fourth-order valence-electron chi connectivity index (χ4n) is 2.53. The highest BCUT2D eigenvalue weighted by atomic mass is 35.5. The molecule has 100 valence electrons. The Morgan fingerprint density at radius 2 is 1.94 bits per heavy atom. The lowest BCUT2D eigenvalue weighted by Crippen LogP contribution is -2.38. The van der Waals surface area contributed by atoms with Crippen molar-refractivity contribution in [2.45, 2.75) is 39.2 Å². The lowest BCUT2D eigenvalue weighted by atomic mass is 9.70. The minimum absolute atomic E-state index is 0.574. The molecule has 18 heavy (non-hydrogen) atoms. The fraction of sp³-hybridized carbons (Fsp3) is 0.600. The first-order valence-corrected chi connectivity index (χ1v) is 7.49. The highest BCUT2D eigenvalue weighted by Crippen LogP contribution is 2.38. The van der Waals surface area contributed by atoms with E-state index in [4.69, 9.17) is 23.2 Å². The Balaban J connectivity index is 1.89. The Morgan fingerprint density at radius 3 is 2.50 bits per heavy atom. The molecule has 0 radical (unpaired) electrons. The van der Waals surface area contributed by atoms with Crippen molar-refractivity contribution < 1.29 is 0 Å². The van der Waals surface area contributed by atoms with Crippen LogP contribution in [-0.4, -0.2) is 12.6 Å². The van der Waals surface area contributed by atoms with E-state index >= 15 is 0 Å². The molecular formula is C15H21Cl2N. The maximum atomic E-state index is 6.23. The van der Waals surface area contributed by atoms with E-state index in [0.717, 1.165) is 34.8 Å².